The number of phenols is 1. The maximum absolute atomic E-state index is 14.9. The van der Waals surface area contributed by atoms with Gasteiger partial charge in [0.15, 0.2) is 23.1 Å². The first kappa shape index (κ1) is 28.0. The average Bonchev–Trinajstić information content (AvgIpc) is 3.30. The number of phenolic OH excluding ortho intramolecular Hbond substituents is 1. The van der Waals surface area contributed by atoms with E-state index >= 15 is 0 Å². The molecule has 0 aromatic heterocycles. The second-order valence-electron chi connectivity index (χ2n) is 12.1. The molecule has 7 rings (SSSR count). The van der Waals surface area contributed by atoms with Crippen molar-refractivity contribution in [2.24, 2.45) is 23.7 Å². The van der Waals surface area contributed by atoms with Crippen LogP contribution in [0.15, 0.2) is 96.6 Å². The van der Waals surface area contributed by atoms with Gasteiger partial charge in [-0.1, -0.05) is 78.4 Å². The third-order valence-electron chi connectivity index (χ3n) is 10.3. The molecule has 44 heavy (non-hydrogen) atoms. The van der Waals surface area contributed by atoms with E-state index in [9.17, 15) is 24.3 Å². The Morgan fingerprint density at radius 1 is 0.909 bits per heavy atom. The number of allylic oxidation sites excluding steroid dienone is 4. The number of Topliss-reactive ketones (excluding diaryl/α,β-unsaturated/α-hetero) is 1. The predicted molar refractivity (Wildman–Crippen MR) is 164 cm³/mol. The van der Waals surface area contributed by atoms with Crippen molar-refractivity contribution in [3.8, 4) is 11.5 Å². The summed E-state index contributed by atoms with van der Waals surface area (Å²) in [6.45, 7) is 2.09. The lowest BCUT2D eigenvalue weighted by molar-refractivity contribution is -0.140. The number of hydrogen-bond donors (Lipinski definition) is 1. The number of ketones is 2. The van der Waals surface area contributed by atoms with Gasteiger partial charge in [-0.2, -0.15) is 0 Å². The minimum Gasteiger partial charge on any atom is -0.504 e. The maximum Gasteiger partial charge on any atom is 0.233 e. The van der Waals surface area contributed by atoms with Crippen molar-refractivity contribution in [2.45, 2.75) is 31.1 Å². The van der Waals surface area contributed by atoms with Crippen LogP contribution in [0.4, 0.5) is 0 Å². The lowest BCUT2D eigenvalue weighted by Gasteiger charge is -2.55. The molecule has 0 spiro atoms. The van der Waals surface area contributed by atoms with Crippen molar-refractivity contribution in [2.75, 3.05) is 13.7 Å². The van der Waals surface area contributed by atoms with Crippen molar-refractivity contribution < 1.29 is 29.0 Å². The summed E-state index contributed by atoms with van der Waals surface area (Å²) >= 11 is 0. The Kier molecular flexibility index (Phi) is 6.65. The number of likely N-dealkylation sites (tertiary alicyclic amines) is 1. The second-order valence-corrected chi connectivity index (χ2v) is 12.1. The van der Waals surface area contributed by atoms with E-state index in [1.54, 1.807) is 19.1 Å². The summed E-state index contributed by atoms with van der Waals surface area (Å²) in [4.78, 5) is 58.2. The fraction of sp³-hybridized carbons (Fsp3) is 0.297. The van der Waals surface area contributed by atoms with Gasteiger partial charge in [0.1, 0.15) is 0 Å². The molecule has 222 valence electrons. The molecule has 1 aliphatic heterocycles. The Bertz CT molecular complexity index is 1760. The van der Waals surface area contributed by atoms with Gasteiger partial charge in [0.2, 0.25) is 11.8 Å². The number of imide groups is 1. The number of hydrogen-bond acceptors (Lipinski definition) is 6. The molecule has 0 bridgehead atoms. The highest BCUT2D eigenvalue weighted by atomic mass is 16.5. The van der Waals surface area contributed by atoms with E-state index in [2.05, 4.69) is 0 Å². The number of ether oxygens (including phenoxy) is 1. The number of amides is 2. The Hall–Kier alpha value is -4.78. The van der Waals surface area contributed by atoms with Gasteiger partial charge in [-0.15, -0.1) is 0 Å². The van der Waals surface area contributed by atoms with Crippen molar-refractivity contribution in [1.82, 2.24) is 4.90 Å². The molecule has 6 unspecified atom stereocenters. The first-order valence-electron chi connectivity index (χ1n) is 15.2. The molecule has 3 aliphatic carbocycles. The number of rotatable bonds is 5. The Morgan fingerprint density at radius 3 is 2.27 bits per heavy atom. The van der Waals surface area contributed by atoms with Crippen LogP contribution in [0, 0.1) is 23.7 Å². The highest BCUT2D eigenvalue weighted by Gasteiger charge is 2.65. The zero-order valence-corrected chi connectivity index (χ0v) is 24.6. The van der Waals surface area contributed by atoms with Crippen molar-refractivity contribution in [3.05, 3.63) is 113 Å². The van der Waals surface area contributed by atoms with E-state index in [-0.39, 0.29) is 47.8 Å². The minimum absolute atomic E-state index is 0.0828. The lowest BCUT2D eigenvalue weighted by Crippen LogP contribution is -2.58. The zero-order valence-electron chi connectivity index (χ0n) is 24.6. The molecule has 1 saturated heterocycles. The van der Waals surface area contributed by atoms with Crippen molar-refractivity contribution >= 4 is 29.0 Å². The molecule has 1 heterocycles. The van der Waals surface area contributed by atoms with E-state index in [1.165, 1.54) is 18.1 Å². The highest BCUT2D eigenvalue weighted by Crippen LogP contribution is 2.63. The summed E-state index contributed by atoms with van der Waals surface area (Å²) in [7, 11) is 1.47. The number of benzene rings is 3. The van der Waals surface area contributed by atoms with Crippen LogP contribution >= 0.6 is 0 Å². The van der Waals surface area contributed by atoms with Crippen LogP contribution in [0.1, 0.15) is 42.4 Å². The minimum atomic E-state index is -1.33. The predicted octanol–water partition coefficient (Wildman–Crippen LogP) is 5.25. The molecule has 7 heteroatoms. The molecular weight excluding hydrogens is 554 g/mol. The first-order valence-corrected chi connectivity index (χ1v) is 15.2. The number of fused-ring (bicyclic) bond motifs is 4. The molecule has 1 saturated carbocycles. The van der Waals surface area contributed by atoms with Crippen LogP contribution in [0.2, 0.25) is 0 Å². The number of methoxy groups -OCH3 is 1. The third-order valence-corrected chi connectivity index (χ3v) is 10.3. The fourth-order valence-corrected chi connectivity index (χ4v) is 8.51. The highest BCUT2D eigenvalue weighted by molar-refractivity contribution is 6.31. The smallest absolute Gasteiger partial charge is 0.233 e. The standard InChI is InChI=1S/C37H33NO6/c1-3-38-35(42)25-16-15-24-27(32(25)36(38)43)19-28-34(41)26(21-10-6-4-7-11-21)20-31(40)37(28,23-12-8-5-9-13-23)33(24)22-14-17-30(44-2)29(39)18-22/h4-15,17-18,20,25,27-28,32-33,39H,3,16,19H2,1-2H3. The molecule has 2 fully saturated rings. The number of nitrogens with zero attached hydrogens (tertiary/aromatic N) is 1. The van der Waals surface area contributed by atoms with E-state index < -0.39 is 35.0 Å². The summed E-state index contributed by atoms with van der Waals surface area (Å²) in [5.74, 6) is -3.56. The van der Waals surface area contributed by atoms with Crippen LogP contribution in [-0.4, -0.2) is 47.0 Å². The molecule has 0 radical (unpaired) electrons. The van der Waals surface area contributed by atoms with Crippen LogP contribution in [0.5, 0.6) is 11.5 Å². The molecule has 7 nitrogen and oxygen atoms in total. The van der Waals surface area contributed by atoms with Gasteiger partial charge in [-0.05, 0) is 60.6 Å². The van der Waals surface area contributed by atoms with Gasteiger partial charge in [0.05, 0.1) is 24.4 Å². The molecule has 3 aromatic rings. The maximum atomic E-state index is 14.9. The van der Waals surface area contributed by atoms with Gasteiger partial charge < -0.3 is 9.84 Å². The number of carbonyl (C=O) groups excluding carboxylic acids is 4. The molecule has 1 N–H and O–H groups in total. The van der Waals surface area contributed by atoms with Crippen LogP contribution in [0.3, 0.4) is 0 Å². The van der Waals surface area contributed by atoms with E-state index in [1.807, 2.05) is 72.8 Å². The topological polar surface area (TPSA) is 101 Å². The summed E-state index contributed by atoms with van der Waals surface area (Å²) < 4.78 is 5.34. The van der Waals surface area contributed by atoms with Crippen molar-refractivity contribution in [1.29, 1.82) is 0 Å². The molecule has 2 amide bonds. The molecule has 4 aliphatic rings. The van der Waals surface area contributed by atoms with Crippen LogP contribution in [-0.2, 0) is 24.6 Å². The van der Waals surface area contributed by atoms with Crippen LogP contribution < -0.4 is 4.74 Å². The average molecular weight is 588 g/mol. The third kappa shape index (κ3) is 3.81. The summed E-state index contributed by atoms with van der Waals surface area (Å²) in [6.07, 6.45) is 4.15. The quantitative estimate of drug-likeness (QED) is 0.324. The molecule has 3 aromatic carbocycles. The van der Waals surface area contributed by atoms with Crippen molar-refractivity contribution in [3.63, 3.8) is 0 Å². The SMILES string of the molecule is CCN1C(=O)C2CC=C3C(CC4C(=O)C(c5ccccc5)=CC(=O)C4(c4ccccc4)C3c3ccc(OC)c(O)c3)C2C1=O. The monoisotopic (exact) mass is 587 g/mol. The van der Waals surface area contributed by atoms with Gasteiger partial charge >= 0.3 is 0 Å². The normalized spacial score (nSPS) is 29.4. The summed E-state index contributed by atoms with van der Waals surface area (Å²) in [5.41, 5.74) is 1.91. The van der Waals surface area contributed by atoms with Gasteiger partial charge in [0.25, 0.3) is 0 Å². The zero-order chi connectivity index (χ0) is 30.7. The second kappa shape index (κ2) is 10.4. The lowest BCUT2D eigenvalue weighted by atomic mass is 9.44. The van der Waals surface area contributed by atoms with E-state index in [0.717, 1.165) is 5.57 Å². The van der Waals surface area contributed by atoms with Gasteiger partial charge in [-0.25, -0.2) is 0 Å². The summed E-state index contributed by atoms with van der Waals surface area (Å²) in [5, 5.41) is 11.0. The Balaban J connectivity index is 1.52. The van der Waals surface area contributed by atoms with E-state index in [4.69, 9.17) is 4.74 Å². The Morgan fingerprint density at radius 2 is 1.61 bits per heavy atom. The Labute approximate surface area is 255 Å². The van der Waals surface area contributed by atoms with E-state index in [0.29, 0.717) is 28.7 Å². The summed E-state index contributed by atoms with van der Waals surface area (Å²) in [6, 6.07) is 23.7. The van der Waals surface area contributed by atoms with Gasteiger partial charge in [0, 0.05) is 24.0 Å². The molecular formula is C37H33NO6. The first-order chi connectivity index (χ1) is 21.3. The van der Waals surface area contributed by atoms with Crippen LogP contribution in [0.25, 0.3) is 5.57 Å². The van der Waals surface area contributed by atoms with Gasteiger partial charge in [-0.3, -0.25) is 24.1 Å². The fourth-order valence-electron chi connectivity index (χ4n) is 8.51. The largest absolute Gasteiger partial charge is 0.504 e. The molecule has 6 atom stereocenters. The number of carbonyl (C=O) groups is 4. The number of aromatic hydroxyl groups is 1.